The molecule has 4 aromatic rings. The number of benzene rings is 4. The van der Waals surface area contributed by atoms with E-state index in [-0.39, 0.29) is 30.1 Å². The van der Waals surface area contributed by atoms with E-state index in [1.807, 2.05) is 0 Å². The number of hydrogen-bond acceptors (Lipinski definition) is 12. The minimum atomic E-state index is -1.53. The first kappa shape index (κ1) is 32.5. The molecule has 1 unspecified atom stereocenters. The first-order valence-electron chi connectivity index (χ1n) is 13.0. The third-order valence-electron chi connectivity index (χ3n) is 6.39. The average Bonchev–Trinajstić information content (AvgIpc) is 3.04. The van der Waals surface area contributed by atoms with Crippen LogP contribution in [-0.4, -0.2) is 56.4 Å². The highest BCUT2D eigenvalue weighted by Crippen LogP contribution is 2.36. The van der Waals surface area contributed by atoms with Crippen LogP contribution in [0.4, 0.5) is 11.4 Å². The molecule has 0 amide bonds. The van der Waals surface area contributed by atoms with E-state index in [0.29, 0.717) is 11.5 Å². The summed E-state index contributed by atoms with van der Waals surface area (Å²) in [7, 11) is 0. The van der Waals surface area contributed by atoms with Gasteiger partial charge in [-0.2, -0.15) is 0 Å². The third-order valence-corrected chi connectivity index (χ3v) is 6.39. The van der Waals surface area contributed by atoms with Crippen LogP contribution >= 0.6 is 0 Å². The van der Waals surface area contributed by atoms with Crippen molar-refractivity contribution in [2.45, 2.75) is 6.10 Å². The van der Waals surface area contributed by atoms with Gasteiger partial charge in [0.25, 0.3) is 11.4 Å². The van der Waals surface area contributed by atoms with Gasteiger partial charge in [0.05, 0.1) is 26.5 Å². The van der Waals surface area contributed by atoms with E-state index in [0.717, 1.165) is 30.3 Å². The van der Waals surface area contributed by atoms with Gasteiger partial charge in [-0.25, -0.2) is 19.3 Å². The van der Waals surface area contributed by atoms with Gasteiger partial charge in [0.1, 0.15) is 30.5 Å². The first-order chi connectivity index (χ1) is 22.0. The van der Waals surface area contributed by atoms with Crippen LogP contribution in [0.25, 0.3) is 0 Å². The number of carboxylic acids is 2. The van der Waals surface area contributed by atoms with E-state index < -0.39 is 61.9 Å². The Balaban J connectivity index is 1.35. The highest BCUT2D eigenvalue weighted by Gasteiger charge is 2.31. The lowest BCUT2D eigenvalue weighted by molar-refractivity contribution is -0.387. The van der Waals surface area contributed by atoms with Crippen molar-refractivity contribution in [2.24, 2.45) is 0 Å². The van der Waals surface area contributed by atoms with Gasteiger partial charge in [0.15, 0.2) is 11.7 Å². The Hall–Kier alpha value is -6.39. The molecule has 16 nitrogen and oxygen atoms in total. The normalized spacial score (nSPS) is 11.2. The quantitative estimate of drug-likeness (QED) is 0.0406. The Morgan fingerprint density at radius 1 is 0.674 bits per heavy atom. The van der Waals surface area contributed by atoms with Crippen LogP contribution in [0.2, 0.25) is 0 Å². The summed E-state index contributed by atoms with van der Waals surface area (Å²) in [6, 6.07) is 18.0. The number of nitro groups is 2. The third kappa shape index (κ3) is 7.39. The zero-order valence-corrected chi connectivity index (χ0v) is 23.3. The number of carbonyl (C=O) groups excluding carboxylic acids is 1. The Labute approximate surface area is 257 Å². The Morgan fingerprint density at radius 3 is 1.65 bits per heavy atom. The second-order valence-corrected chi connectivity index (χ2v) is 9.17. The van der Waals surface area contributed by atoms with Gasteiger partial charge >= 0.3 is 17.9 Å². The lowest BCUT2D eigenvalue weighted by Gasteiger charge is -2.17. The molecule has 0 radical (unpaired) electrons. The molecule has 0 spiro atoms. The maximum Gasteiger partial charge on any atom is 0.351 e. The summed E-state index contributed by atoms with van der Waals surface area (Å²) in [6.45, 7) is 0.110. The van der Waals surface area contributed by atoms with Crippen LogP contribution < -0.4 is 14.2 Å². The van der Waals surface area contributed by atoms with Crippen molar-refractivity contribution < 1.29 is 58.8 Å². The molecular weight excluding hydrogens is 612 g/mol. The van der Waals surface area contributed by atoms with Crippen molar-refractivity contribution in [3.63, 3.8) is 0 Å². The fourth-order valence-corrected chi connectivity index (χ4v) is 4.36. The van der Waals surface area contributed by atoms with E-state index in [4.69, 9.17) is 14.2 Å². The van der Waals surface area contributed by atoms with Gasteiger partial charge in [0.2, 0.25) is 0 Å². The maximum atomic E-state index is 12.6. The van der Waals surface area contributed by atoms with Crippen molar-refractivity contribution in [3.8, 4) is 17.2 Å². The molecule has 3 N–H and O–H groups in total. The molecule has 0 heterocycles. The molecule has 1 atom stereocenters. The standard InChI is InChI=1S/C30H22N2O14/c33-28(34)21-3-1-5-23(31(38)39)25(21)27(46-42)17-7-9-18(10-8-17)43-15-16-44-19-11-13-20(14-12-19)45-30(37)26-22(29(35)36)4-2-6-24(26)32(40)41/h1-14,27,42H,15-16H2,(H,33,34)(H,35,36). The summed E-state index contributed by atoms with van der Waals surface area (Å²) in [4.78, 5) is 61.4. The number of carboxylic acid groups (broad SMARTS) is 2. The summed E-state index contributed by atoms with van der Waals surface area (Å²) in [5.74, 6) is -3.53. The van der Waals surface area contributed by atoms with Crippen LogP contribution in [-0.2, 0) is 4.89 Å². The minimum absolute atomic E-state index is 0.0235. The molecule has 46 heavy (non-hydrogen) atoms. The second-order valence-electron chi connectivity index (χ2n) is 9.17. The van der Waals surface area contributed by atoms with Gasteiger partial charge in [-0.05, 0) is 54.1 Å². The summed E-state index contributed by atoms with van der Waals surface area (Å²) in [5, 5.41) is 51.2. The molecule has 0 saturated carbocycles. The topological polar surface area (TPSA) is 235 Å². The highest BCUT2D eigenvalue weighted by atomic mass is 17.1. The lowest BCUT2D eigenvalue weighted by atomic mass is 9.95. The predicted octanol–water partition coefficient (Wildman–Crippen LogP) is 5.16. The van der Waals surface area contributed by atoms with Crippen LogP contribution in [0.15, 0.2) is 84.9 Å². The smallest absolute Gasteiger partial charge is 0.351 e. The number of ether oxygens (including phenoxy) is 3. The highest BCUT2D eigenvalue weighted by molar-refractivity contribution is 6.06. The van der Waals surface area contributed by atoms with Gasteiger partial charge in [-0.1, -0.05) is 24.3 Å². The molecule has 0 saturated heterocycles. The van der Waals surface area contributed by atoms with E-state index in [1.165, 1.54) is 54.6 Å². The molecule has 0 aliphatic rings. The SMILES string of the molecule is O=C(O)c1cccc([N+](=O)[O-])c1C(=O)Oc1ccc(OCCOc2ccc(C(OO)c3c(C(=O)O)cccc3[N+](=O)[O-])cc2)cc1. The van der Waals surface area contributed by atoms with Crippen molar-refractivity contribution in [1.82, 2.24) is 0 Å². The maximum absolute atomic E-state index is 12.6. The zero-order chi connectivity index (χ0) is 33.4. The number of nitro benzene ring substituents is 2. The number of rotatable bonds is 14. The summed E-state index contributed by atoms with van der Waals surface area (Å²) in [6.07, 6.45) is -1.48. The Morgan fingerprint density at radius 2 is 1.15 bits per heavy atom. The number of nitrogens with zero attached hydrogens (tertiary/aromatic N) is 2. The van der Waals surface area contributed by atoms with E-state index in [2.05, 4.69) is 4.89 Å². The van der Waals surface area contributed by atoms with E-state index in [1.54, 1.807) is 0 Å². The summed E-state index contributed by atoms with van der Waals surface area (Å²) >= 11 is 0. The number of aromatic carboxylic acids is 2. The van der Waals surface area contributed by atoms with Crippen molar-refractivity contribution >= 4 is 29.3 Å². The van der Waals surface area contributed by atoms with Gasteiger partial charge in [-0.15, -0.1) is 0 Å². The molecule has 0 aromatic heterocycles. The van der Waals surface area contributed by atoms with Crippen molar-refractivity contribution in [1.29, 1.82) is 0 Å². The van der Waals surface area contributed by atoms with Crippen LogP contribution in [0, 0.1) is 20.2 Å². The first-order valence-corrected chi connectivity index (χ1v) is 13.0. The van der Waals surface area contributed by atoms with Crippen LogP contribution in [0.5, 0.6) is 17.2 Å². The number of esters is 1. The zero-order valence-electron chi connectivity index (χ0n) is 23.3. The fraction of sp³-hybridized carbons (Fsp3) is 0.100. The van der Waals surface area contributed by atoms with Crippen molar-refractivity contribution in [3.05, 3.63) is 133 Å². The molecule has 0 aliphatic heterocycles. The average molecular weight is 635 g/mol. The summed E-state index contributed by atoms with van der Waals surface area (Å²) < 4.78 is 16.3. The molecule has 4 aromatic carbocycles. The van der Waals surface area contributed by atoms with Crippen molar-refractivity contribution in [2.75, 3.05) is 13.2 Å². The Kier molecular flexibility index (Phi) is 10.2. The molecule has 236 valence electrons. The molecule has 0 aliphatic carbocycles. The molecule has 4 rings (SSSR count). The second kappa shape index (κ2) is 14.4. The fourth-order valence-electron chi connectivity index (χ4n) is 4.36. The molecule has 0 fully saturated rings. The lowest BCUT2D eigenvalue weighted by Crippen LogP contribution is -2.16. The van der Waals surface area contributed by atoms with Gasteiger partial charge < -0.3 is 24.4 Å². The minimum Gasteiger partial charge on any atom is -0.490 e. The summed E-state index contributed by atoms with van der Waals surface area (Å²) in [5.41, 5.74) is -3.08. The molecule has 0 bridgehead atoms. The molecule has 16 heteroatoms. The van der Waals surface area contributed by atoms with E-state index in [9.17, 15) is 50.1 Å². The van der Waals surface area contributed by atoms with Crippen LogP contribution in [0.1, 0.15) is 48.3 Å². The predicted molar refractivity (Wildman–Crippen MR) is 155 cm³/mol. The Bertz CT molecular complexity index is 1720. The van der Waals surface area contributed by atoms with Crippen LogP contribution in [0.3, 0.4) is 0 Å². The van der Waals surface area contributed by atoms with Gasteiger partial charge in [-0.3, -0.25) is 25.5 Å². The molecular formula is C30H22N2O14. The van der Waals surface area contributed by atoms with E-state index >= 15 is 0 Å². The monoisotopic (exact) mass is 634 g/mol. The number of carbonyl (C=O) groups is 3. The largest absolute Gasteiger partial charge is 0.490 e. The van der Waals surface area contributed by atoms with Gasteiger partial charge in [0, 0.05) is 12.1 Å². The number of hydrogen-bond donors (Lipinski definition) is 3.